The van der Waals surface area contributed by atoms with Gasteiger partial charge in [-0.05, 0) is 55.7 Å². The molecule has 178 valence electrons. The molecule has 8 nitrogen and oxygen atoms in total. The zero-order valence-electron chi connectivity index (χ0n) is 19.6. The molecule has 4 rings (SSSR count). The van der Waals surface area contributed by atoms with Crippen LogP contribution < -0.4 is 15.5 Å². The molecule has 1 aromatic heterocycles. The number of carboxylic acids is 1. The second-order valence-corrected chi connectivity index (χ2v) is 9.80. The fraction of sp³-hybridized carbons (Fsp3) is 0.560. The summed E-state index contributed by atoms with van der Waals surface area (Å²) in [6.45, 7) is 7.07. The van der Waals surface area contributed by atoms with Crippen molar-refractivity contribution >= 4 is 29.2 Å². The van der Waals surface area contributed by atoms with Gasteiger partial charge in [0.05, 0.1) is 17.3 Å². The third-order valence-electron chi connectivity index (χ3n) is 6.56. The van der Waals surface area contributed by atoms with Crippen molar-refractivity contribution in [3.8, 4) is 0 Å². The van der Waals surface area contributed by atoms with Gasteiger partial charge in [0.2, 0.25) is 0 Å². The number of urea groups is 1. The van der Waals surface area contributed by atoms with Crippen LogP contribution in [0.25, 0.3) is 0 Å². The van der Waals surface area contributed by atoms with E-state index in [2.05, 4.69) is 40.6 Å². The summed E-state index contributed by atoms with van der Waals surface area (Å²) < 4.78 is 5.04. The smallest absolute Gasteiger partial charge is 0.325 e. The summed E-state index contributed by atoms with van der Waals surface area (Å²) in [6.07, 6.45) is 6.62. The van der Waals surface area contributed by atoms with Crippen molar-refractivity contribution in [2.45, 2.75) is 71.3 Å². The van der Waals surface area contributed by atoms with Crippen LogP contribution in [0.2, 0.25) is 0 Å². The number of amides is 2. The summed E-state index contributed by atoms with van der Waals surface area (Å²) >= 11 is 0. The van der Waals surface area contributed by atoms with Gasteiger partial charge in [0.15, 0.2) is 5.82 Å². The molecule has 2 aromatic rings. The maximum absolute atomic E-state index is 12.8. The quantitative estimate of drug-likeness (QED) is 0.478. The van der Waals surface area contributed by atoms with Gasteiger partial charge in [-0.3, -0.25) is 10.1 Å². The minimum atomic E-state index is -0.763. The molecule has 0 saturated heterocycles. The molecule has 2 aliphatic carbocycles. The number of anilines is 3. The van der Waals surface area contributed by atoms with Crippen molar-refractivity contribution < 1.29 is 19.2 Å². The number of nitrogens with zero attached hydrogens (tertiary/aromatic N) is 2. The Balaban J connectivity index is 1.63. The van der Waals surface area contributed by atoms with E-state index >= 15 is 0 Å². The van der Waals surface area contributed by atoms with Crippen LogP contribution in [0.4, 0.5) is 22.0 Å². The molecule has 0 spiro atoms. The highest BCUT2D eigenvalue weighted by Crippen LogP contribution is 2.49. The van der Waals surface area contributed by atoms with Gasteiger partial charge in [0, 0.05) is 18.7 Å². The molecule has 1 aromatic carbocycles. The lowest BCUT2D eigenvalue weighted by Crippen LogP contribution is -2.40. The van der Waals surface area contributed by atoms with E-state index < -0.39 is 12.0 Å². The molecule has 2 amide bonds. The molecule has 33 heavy (non-hydrogen) atoms. The van der Waals surface area contributed by atoms with Crippen LogP contribution in [-0.4, -0.2) is 34.9 Å². The summed E-state index contributed by atoms with van der Waals surface area (Å²) in [5.41, 5.74) is 2.64. The first-order valence-electron chi connectivity index (χ1n) is 12.0. The van der Waals surface area contributed by atoms with Crippen LogP contribution in [-0.2, 0) is 4.79 Å². The lowest BCUT2D eigenvalue weighted by Gasteiger charge is -2.38. The Morgan fingerprint density at radius 3 is 2.55 bits per heavy atom. The average Bonchev–Trinajstić information content (AvgIpc) is 3.49. The predicted octanol–water partition coefficient (Wildman–Crippen LogP) is 5.61. The topological polar surface area (TPSA) is 108 Å². The van der Waals surface area contributed by atoms with Crippen LogP contribution in [0, 0.1) is 18.8 Å². The molecule has 0 unspecified atom stereocenters. The maximum atomic E-state index is 12.8. The van der Waals surface area contributed by atoms with E-state index in [9.17, 15) is 14.7 Å². The van der Waals surface area contributed by atoms with Gasteiger partial charge in [0.1, 0.15) is 5.76 Å². The third-order valence-corrected chi connectivity index (χ3v) is 6.56. The summed E-state index contributed by atoms with van der Waals surface area (Å²) in [4.78, 5) is 26.7. The Labute approximate surface area is 194 Å². The van der Waals surface area contributed by atoms with Crippen LogP contribution >= 0.6 is 0 Å². The van der Waals surface area contributed by atoms with Crippen molar-refractivity contribution in [3.63, 3.8) is 0 Å². The highest BCUT2D eigenvalue weighted by atomic mass is 16.5. The fourth-order valence-electron chi connectivity index (χ4n) is 4.90. The Kier molecular flexibility index (Phi) is 6.91. The summed E-state index contributed by atoms with van der Waals surface area (Å²) in [6, 6.07) is 7.72. The number of aryl methyl sites for hydroxylation is 1. The van der Waals surface area contributed by atoms with Crippen molar-refractivity contribution in [2.24, 2.45) is 11.8 Å². The van der Waals surface area contributed by atoms with Crippen molar-refractivity contribution in [1.29, 1.82) is 0 Å². The number of aliphatic carboxylic acids is 1. The highest BCUT2D eigenvalue weighted by molar-refractivity contribution is 6.01. The largest absolute Gasteiger partial charge is 0.481 e. The van der Waals surface area contributed by atoms with Gasteiger partial charge in [0.25, 0.3) is 0 Å². The van der Waals surface area contributed by atoms with E-state index in [1.807, 2.05) is 12.1 Å². The van der Waals surface area contributed by atoms with Crippen molar-refractivity contribution in [1.82, 2.24) is 5.16 Å². The number of aromatic nitrogens is 1. The van der Waals surface area contributed by atoms with E-state index in [4.69, 9.17) is 4.52 Å². The number of rotatable bonds is 8. The Morgan fingerprint density at radius 1 is 1.18 bits per heavy atom. The molecule has 1 heterocycles. The summed E-state index contributed by atoms with van der Waals surface area (Å²) in [5, 5.41) is 18.9. The lowest BCUT2D eigenvalue weighted by atomic mass is 9.92. The van der Waals surface area contributed by atoms with Crippen LogP contribution in [0.3, 0.4) is 0 Å². The standard InChI is InChI=1S/C25H34N4O4/c1-15(2)14-29(18-7-5-4-6-8-18)22-10-9-17(19-13-20(19)24(30)31)12-21(22)26-25(32)27-23-11-16(3)33-28-23/h9-12,15,18-20H,4-8,13-14H2,1-3H3,(H,30,31)(H2,26,27,28,32)/t19-,20-/m0/s1. The summed E-state index contributed by atoms with van der Waals surface area (Å²) in [5.74, 6) is 0.309. The molecule has 3 N–H and O–H groups in total. The van der Waals surface area contributed by atoms with Gasteiger partial charge in [-0.2, -0.15) is 0 Å². The van der Waals surface area contributed by atoms with Gasteiger partial charge < -0.3 is 19.8 Å². The van der Waals surface area contributed by atoms with Gasteiger partial charge >= 0.3 is 12.0 Å². The first-order valence-corrected chi connectivity index (χ1v) is 12.0. The van der Waals surface area contributed by atoms with Crippen LogP contribution in [0.15, 0.2) is 28.8 Å². The molecule has 8 heteroatoms. The van der Waals surface area contributed by atoms with E-state index in [-0.39, 0.29) is 11.8 Å². The lowest BCUT2D eigenvalue weighted by molar-refractivity contribution is -0.138. The molecule has 0 radical (unpaired) electrons. The number of carboxylic acid groups (broad SMARTS) is 1. The average molecular weight is 455 g/mol. The monoisotopic (exact) mass is 454 g/mol. The summed E-state index contributed by atoms with van der Waals surface area (Å²) in [7, 11) is 0. The molecule has 2 atom stereocenters. The number of hydrogen-bond donors (Lipinski definition) is 3. The Bertz CT molecular complexity index is 996. The first kappa shape index (κ1) is 23.1. The second kappa shape index (κ2) is 9.85. The number of benzene rings is 1. The van der Waals surface area contributed by atoms with Crippen LogP contribution in [0.5, 0.6) is 0 Å². The van der Waals surface area contributed by atoms with Gasteiger partial charge in [-0.25, -0.2) is 4.79 Å². The molecule has 2 fully saturated rings. The fourth-order valence-corrected chi connectivity index (χ4v) is 4.90. The zero-order valence-corrected chi connectivity index (χ0v) is 19.6. The van der Waals surface area contributed by atoms with Crippen molar-refractivity contribution in [2.75, 3.05) is 22.1 Å². The zero-order chi connectivity index (χ0) is 23.5. The SMILES string of the molecule is Cc1cc(NC(=O)Nc2cc([C@@H]3C[C@@H]3C(=O)O)ccc2N(CC(C)C)C2CCCCC2)no1. The molecular weight excluding hydrogens is 420 g/mol. The van der Waals surface area contributed by atoms with Gasteiger partial charge in [-0.1, -0.05) is 44.3 Å². The number of carbonyl (C=O) groups is 2. The molecule has 2 saturated carbocycles. The highest BCUT2D eigenvalue weighted by Gasteiger charge is 2.44. The van der Waals surface area contributed by atoms with Gasteiger partial charge in [-0.15, -0.1) is 0 Å². The normalized spacial score (nSPS) is 20.5. The predicted molar refractivity (Wildman–Crippen MR) is 128 cm³/mol. The minimum Gasteiger partial charge on any atom is -0.481 e. The Morgan fingerprint density at radius 2 is 1.94 bits per heavy atom. The number of carbonyl (C=O) groups excluding carboxylic acids is 1. The number of hydrogen-bond acceptors (Lipinski definition) is 5. The third kappa shape index (κ3) is 5.67. The van der Waals surface area contributed by atoms with Crippen LogP contribution in [0.1, 0.15) is 69.6 Å². The molecule has 0 bridgehead atoms. The Hall–Kier alpha value is -3.03. The molecule has 0 aliphatic heterocycles. The molecular formula is C25H34N4O4. The minimum absolute atomic E-state index is 0.00780. The molecule has 2 aliphatic rings. The van der Waals surface area contributed by atoms with E-state index in [1.54, 1.807) is 13.0 Å². The van der Waals surface area contributed by atoms with E-state index in [0.717, 1.165) is 30.6 Å². The first-order chi connectivity index (χ1) is 15.8. The number of nitrogens with one attached hydrogen (secondary N) is 2. The van der Waals surface area contributed by atoms with Crippen molar-refractivity contribution in [3.05, 3.63) is 35.6 Å². The maximum Gasteiger partial charge on any atom is 0.325 e. The second-order valence-electron chi connectivity index (χ2n) is 9.80. The van der Waals surface area contributed by atoms with E-state index in [1.165, 1.54) is 19.3 Å². The van der Waals surface area contributed by atoms with E-state index in [0.29, 0.717) is 35.6 Å².